The summed E-state index contributed by atoms with van der Waals surface area (Å²) in [5.74, 6) is 0. The lowest BCUT2D eigenvalue weighted by Crippen LogP contribution is -2.42. The quantitative estimate of drug-likeness (QED) is 0.552. The molecule has 0 aliphatic carbocycles. The van der Waals surface area contributed by atoms with Crippen molar-refractivity contribution in [1.82, 2.24) is 0 Å². The van der Waals surface area contributed by atoms with E-state index >= 15 is 0 Å². The van der Waals surface area contributed by atoms with Gasteiger partial charge in [0.2, 0.25) is 0 Å². The summed E-state index contributed by atoms with van der Waals surface area (Å²) in [7, 11) is 0. The number of para-hydroxylation sites is 1. The highest BCUT2D eigenvalue weighted by Gasteiger charge is 2.23. The molecule has 4 heteroatoms. The fourth-order valence-corrected chi connectivity index (χ4v) is 1.29. The summed E-state index contributed by atoms with van der Waals surface area (Å²) in [5, 5.41) is 21.4. The fourth-order valence-electron chi connectivity index (χ4n) is 1.29. The molecule has 1 aromatic rings. The van der Waals surface area contributed by atoms with Gasteiger partial charge in [0.05, 0.1) is 30.1 Å². The molecule has 4 nitrogen and oxygen atoms in total. The minimum Gasteiger partial charge on any atom is -0.397 e. The van der Waals surface area contributed by atoms with E-state index in [0.29, 0.717) is 5.69 Å². The van der Waals surface area contributed by atoms with E-state index in [1.165, 1.54) is 0 Å². The highest BCUT2D eigenvalue weighted by molar-refractivity contribution is 5.70. The number of aliphatic hydroxyl groups excluding tert-OH is 2. The molecule has 0 bridgehead atoms. The average Bonchev–Trinajstić information content (AvgIpc) is 2.23. The second kappa shape index (κ2) is 4.51. The van der Waals surface area contributed by atoms with E-state index in [1.807, 2.05) is 19.1 Å². The second-order valence-corrected chi connectivity index (χ2v) is 4.04. The number of aryl methyl sites for hydroxylation is 1. The van der Waals surface area contributed by atoms with Crippen molar-refractivity contribution in [2.45, 2.75) is 19.4 Å². The number of anilines is 2. The number of nitrogens with two attached hydrogens (primary N) is 1. The summed E-state index contributed by atoms with van der Waals surface area (Å²) >= 11 is 0. The first kappa shape index (κ1) is 11.8. The van der Waals surface area contributed by atoms with Gasteiger partial charge in [-0.3, -0.25) is 0 Å². The SMILES string of the molecule is Cc1cccc(N)c1NC(C)(CO)CO. The van der Waals surface area contributed by atoms with Crippen LogP contribution < -0.4 is 11.1 Å². The van der Waals surface area contributed by atoms with E-state index in [2.05, 4.69) is 5.32 Å². The van der Waals surface area contributed by atoms with E-state index in [9.17, 15) is 0 Å². The lowest BCUT2D eigenvalue weighted by atomic mass is 10.0. The van der Waals surface area contributed by atoms with Crippen molar-refractivity contribution in [1.29, 1.82) is 0 Å². The van der Waals surface area contributed by atoms with Crippen molar-refractivity contribution in [3.63, 3.8) is 0 Å². The van der Waals surface area contributed by atoms with Gasteiger partial charge in [0.15, 0.2) is 0 Å². The van der Waals surface area contributed by atoms with Gasteiger partial charge in [-0.2, -0.15) is 0 Å². The molecule has 0 radical (unpaired) electrons. The van der Waals surface area contributed by atoms with E-state index in [1.54, 1.807) is 13.0 Å². The average molecular weight is 210 g/mol. The molecule has 0 heterocycles. The maximum atomic E-state index is 9.17. The summed E-state index contributed by atoms with van der Waals surface area (Å²) in [4.78, 5) is 0. The first-order chi connectivity index (χ1) is 7.02. The Kier molecular flexibility index (Phi) is 3.55. The molecule has 1 aromatic carbocycles. The normalized spacial score (nSPS) is 11.5. The molecule has 0 aromatic heterocycles. The Morgan fingerprint density at radius 2 is 1.93 bits per heavy atom. The fraction of sp³-hybridized carbons (Fsp3) is 0.455. The largest absolute Gasteiger partial charge is 0.397 e. The zero-order valence-corrected chi connectivity index (χ0v) is 9.12. The van der Waals surface area contributed by atoms with Crippen LogP contribution in [0.5, 0.6) is 0 Å². The van der Waals surface area contributed by atoms with Gasteiger partial charge in [-0.15, -0.1) is 0 Å². The topological polar surface area (TPSA) is 78.5 Å². The number of nitrogen functional groups attached to an aromatic ring is 1. The Labute approximate surface area is 89.7 Å². The van der Waals surface area contributed by atoms with Crippen molar-refractivity contribution in [3.8, 4) is 0 Å². The molecule has 5 N–H and O–H groups in total. The van der Waals surface area contributed by atoms with Crippen LogP contribution in [0.3, 0.4) is 0 Å². The van der Waals surface area contributed by atoms with Gasteiger partial charge in [0.1, 0.15) is 0 Å². The maximum Gasteiger partial charge on any atom is 0.0807 e. The third kappa shape index (κ3) is 2.61. The molecule has 1 rings (SSSR count). The van der Waals surface area contributed by atoms with Gasteiger partial charge in [-0.25, -0.2) is 0 Å². The summed E-state index contributed by atoms with van der Waals surface area (Å²) in [6.07, 6.45) is 0. The Balaban J connectivity index is 2.98. The third-order valence-corrected chi connectivity index (χ3v) is 2.43. The summed E-state index contributed by atoms with van der Waals surface area (Å²) in [5.41, 5.74) is 7.43. The number of hydrogen-bond donors (Lipinski definition) is 4. The molecule has 0 aliphatic rings. The number of aliphatic hydroxyl groups is 2. The number of nitrogens with one attached hydrogen (secondary N) is 1. The van der Waals surface area contributed by atoms with Crippen molar-refractivity contribution < 1.29 is 10.2 Å². The van der Waals surface area contributed by atoms with E-state index < -0.39 is 5.54 Å². The molecular weight excluding hydrogens is 192 g/mol. The number of rotatable bonds is 4. The monoisotopic (exact) mass is 210 g/mol. The molecule has 0 saturated carbocycles. The van der Waals surface area contributed by atoms with Crippen molar-refractivity contribution >= 4 is 11.4 Å². The van der Waals surface area contributed by atoms with Crippen LogP contribution in [0.25, 0.3) is 0 Å². The van der Waals surface area contributed by atoms with Gasteiger partial charge >= 0.3 is 0 Å². The molecule has 15 heavy (non-hydrogen) atoms. The smallest absolute Gasteiger partial charge is 0.0807 e. The number of hydrogen-bond acceptors (Lipinski definition) is 4. The van der Waals surface area contributed by atoms with E-state index in [-0.39, 0.29) is 13.2 Å². The van der Waals surface area contributed by atoms with Gasteiger partial charge in [-0.1, -0.05) is 12.1 Å². The Bertz CT molecular complexity index is 315. The van der Waals surface area contributed by atoms with Crippen LogP contribution in [-0.2, 0) is 0 Å². The second-order valence-electron chi connectivity index (χ2n) is 4.04. The predicted octanol–water partition coefficient (Wildman–Crippen LogP) is 0.732. The summed E-state index contributed by atoms with van der Waals surface area (Å²) in [6.45, 7) is 3.35. The van der Waals surface area contributed by atoms with Crippen molar-refractivity contribution in [3.05, 3.63) is 23.8 Å². The van der Waals surface area contributed by atoms with Gasteiger partial charge in [0, 0.05) is 0 Å². The number of benzene rings is 1. The first-order valence-electron chi connectivity index (χ1n) is 4.87. The standard InChI is InChI=1S/C11H18N2O2/c1-8-4-3-5-9(12)10(8)13-11(2,6-14)7-15/h3-5,13-15H,6-7,12H2,1-2H3. The summed E-state index contributed by atoms with van der Waals surface area (Å²) < 4.78 is 0. The Hall–Kier alpha value is -1.26. The van der Waals surface area contributed by atoms with E-state index in [4.69, 9.17) is 15.9 Å². The zero-order chi connectivity index (χ0) is 11.5. The highest BCUT2D eigenvalue weighted by atomic mass is 16.3. The van der Waals surface area contributed by atoms with Crippen LogP contribution in [0.1, 0.15) is 12.5 Å². The van der Waals surface area contributed by atoms with Crippen LogP contribution in [0, 0.1) is 6.92 Å². The summed E-state index contributed by atoms with van der Waals surface area (Å²) in [6, 6.07) is 5.57. The minimum atomic E-state index is -0.750. The van der Waals surface area contributed by atoms with Crippen LogP contribution >= 0.6 is 0 Å². The molecule has 84 valence electrons. The highest BCUT2D eigenvalue weighted by Crippen LogP contribution is 2.25. The van der Waals surface area contributed by atoms with Gasteiger partial charge < -0.3 is 21.3 Å². The zero-order valence-electron chi connectivity index (χ0n) is 9.12. The predicted molar refractivity (Wildman–Crippen MR) is 61.8 cm³/mol. The molecule has 0 fully saturated rings. The molecule has 0 saturated heterocycles. The lowest BCUT2D eigenvalue weighted by Gasteiger charge is -2.29. The van der Waals surface area contributed by atoms with Crippen LogP contribution in [0.4, 0.5) is 11.4 Å². The Morgan fingerprint density at radius 1 is 1.33 bits per heavy atom. The lowest BCUT2D eigenvalue weighted by molar-refractivity contribution is 0.147. The van der Waals surface area contributed by atoms with Crippen molar-refractivity contribution in [2.24, 2.45) is 0 Å². The van der Waals surface area contributed by atoms with Crippen LogP contribution in [0.15, 0.2) is 18.2 Å². The van der Waals surface area contributed by atoms with Crippen LogP contribution in [-0.4, -0.2) is 29.0 Å². The van der Waals surface area contributed by atoms with Crippen LogP contribution in [0.2, 0.25) is 0 Å². The third-order valence-electron chi connectivity index (χ3n) is 2.43. The molecule has 0 atom stereocenters. The van der Waals surface area contributed by atoms with Gasteiger partial charge in [0.25, 0.3) is 0 Å². The molecule has 0 aliphatic heterocycles. The molecule has 0 amide bonds. The Morgan fingerprint density at radius 3 is 2.40 bits per heavy atom. The minimum absolute atomic E-state index is 0.155. The molecule has 0 spiro atoms. The first-order valence-corrected chi connectivity index (χ1v) is 4.87. The van der Waals surface area contributed by atoms with E-state index in [0.717, 1.165) is 11.3 Å². The molecular formula is C11H18N2O2. The maximum absolute atomic E-state index is 9.17. The molecule has 0 unspecified atom stereocenters. The van der Waals surface area contributed by atoms with Crippen molar-refractivity contribution in [2.75, 3.05) is 24.3 Å². The van der Waals surface area contributed by atoms with Gasteiger partial charge in [-0.05, 0) is 25.5 Å².